The molecule has 2 unspecified atom stereocenters. The Morgan fingerprint density at radius 1 is 1.39 bits per heavy atom. The van der Waals surface area contributed by atoms with E-state index in [1.165, 1.54) is 16.9 Å². The number of hydrogen-bond acceptors (Lipinski definition) is 8. The molecule has 7 nitrogen and oxygen atoms in total. The van der Waals surface area contributed by atoms with E-state index in [1.54, 1.807) is 11.6 Å². The lowest BCUT2D eigenvalue weighted by Crippen LogP contribution is -2.16. The van der Waals surface area contributed by atoms with E-state index in [2.05, 4.69) is 26.3 Å². The second-order valence-corrected chi connectivity index (χ2v) is 7.69. The molecule has 1 aliphatic carbocycles. The minimum atomic E-state index is -0.986. The summed E-state index contributed by atoms with van der Waals surface area (Å²) in [6.45, 7) is 1.61. The zero-order valence-corrected chi connectivity index (χ0v) is 16.3. The first-order valence-electron chi connectivity index (χ1n) is 9.21. The third kappa shape index (κ3) is 3.99. The number of nitrogens with one attached hydrogen (secondary N) is 1. The number of aryl methyl sites for hydroxylation is 2. The summed E-state index contributed by atoms with van der Waals surface area (Å²) in [7, 11) is 0. The summed E-state index contributed by atoms with van der Waals surface area (Å²) in [4.78, 5) is 13.0. The van der Waals surface area contributed by atoms with Gasteiger partial charge in [-0.15, -0.1) is 11.3 Å². The summed E-state index contributed by atoms with van der Waals surface area (Å²) in [6.07, 6.45) is 7.47. The molecule has 3 N–H and O–H groups in total. The standard InChI is InChI=1S/C20H22N4O3S/c1-12-7-18(27-17-4-2-3-13-5-6-21-9-14(13)17)19(22-8-12)24-20-23-15(11-28-20)16(26)10-25/h5-9,11,16-17,25-26H,2-4,10H2,1H3,(H,22,23,24). The lowest BCUT2D eigenvalue weighted by Gasteiger charge is -2.26. The normalized spacial score (nSPS) is 17.0. The molecular formula is C20H22N4O3S. The number of thiazole rings is 1. The second-order valence-electron chi connectivity index (χ2n) is 6.83. The molecule has 3 heterocycles. The summed E-state index contributed by atoms with van der Waals surface area (Å²) in [5.74, 6) is 1.22. The third-order valence-electron chi connectivity index (χ3n) is 4.73. The number of aliphatic hydroxyl groups is 2. The van der Waals surface area contributed by atoms with Crippen LogP contribution in [0.25, 0.3) is 0 Å². The maximum atomic E-state index is 9.73. The highest BCUT2D eigenvalue weighted by Crippen LogP contribution is 2.36. The van der Waals surface area contributed by atoms with Crippen molar-refractivity contribution in [2.24, 2.45) is 0 Å². The van der Waals surface area contributed by atoms with E-state index in [-0.39, 0.29) is 12.7 Å². The van der Waals surface area contributed by atoms with Crippen LogP contribution in [0.3, 0.4) is 0 Å². The first-order chi connectivity index (χ1) is 13.6. The summed E-state index contributed by atoms with van der Waals surface area (Å²) in [6, 6.07) is 4.01. The Morgan fingerprint density at radius 2 is 2.29 bits per heavy atom. The molecule has 3 aromatic heterocycles. The van der Waals surface area contributed by atoms with Crippen LogP contribution >= 0.6 is 11.3 Å². The maximum Gasteiger partial charge on any atom is 0.188 e. The van der Waals surface area contributed by atoms with Crippen molar-refractivity contribution in [3.8, 4) is 5.75 Å². The molecule has 0 bridgehead atoms. The van der Waals surface area contributed by atoms with Crippen LogP contribution in [0.2, 0.25) is 0 Å². The van der Waals surface area contributed by atoms with Crippen molar-refractivity contribution < 1.29 is 14.9 Å². The minimum absolute atomic E-state index is 0.0651. The molecule has 0 aliphatic heterocycles. The van der Waals surface area contributed by atoms with Crippen LogP contribution in [0.5, 0.6) is 5.75 Å². The number of fused-ring (bicyclic) bond motifs is 1. The molecule has 0 saturated heterocycles. The number of pyridine rings is 2. The van der Waals surface area contributed by atoms with E-state index in [4.69, 9.17) is 9.84 Å². The first kappa shape index (κ1) is 18.8. The van der Waals surface area contributed by atoms with Gasteiger partial charge in [-0.1, -0.05) is 0 Å². The molecule has 2 atom stereocenters. The fraction of sp³-hybridized carbons (Fsp3) is 0.350. The number of hydrogen-bond donors (Lipinski definition) is 3. The highest BCUT2D eigenvalue weighted by molar-refractivity contribution is 7.13. The van der Waals surface area contributed by atoms with Crippen LogP contribution in [0.1, 0.15) is 47.4 Å². The smallest absolute Gasteiger partial charge is 0.188 e. The van der Waals surface area contributed by atoms with Gasteiger partial charge >= 0.3 is 0 Å². The van der Waals surface area contributed by atoms with Gasteiger partial charge in [-0.3, -0.25) is 4.98 Å². The van der Waals surface area contributed by atoms with Crippen molar-refractivity contribution >= 4 is 22.3 Å². The van der Waals surface area contributed by atoms with E-state index >= 15 is 0 Å². The van der Waals surface area contributed by atoms with E-state index in [1.807, 2.05) is 25.4 Å². The lowest BCUT2D eigenvalue weighted by molar-refractivity contribution is 0.0928. The quantitative estimate of drug-likeness (QED) is 0.584. The summed E-state index contributed by atoms with van der Waals surface area (Å²) in [5.41, 5.74) is 3.84. The number of rotatable bonds is 6. The Hall–Kier alpha value is -2.55. The SMILES string of the molecule is Cc1cnc(Nc2nc(C(O)CO)cs2)c(OC2CCCc3ccncc32)c1. The molecule has 8 heteroatoms. The van der Waals surface area contributed by atoms with Gasteiger partial charge < -0.3 is 20.3 Å². The summed E-state index contributed by atoms with van der Waals surface area (Å²) in [5, 5.41) is 24.3. The zero-order chi connectivity index (χ0) is 19.5. The molecule has 28 heavy (non-hydrogen) atoms. The average molecular weight is 398 g/mol. The number of ether oxygens (including phenoxy) is 1. The second kappa shape index (κ2) is 8.22. The van der Waals surface area contributed by atoms with Crippen LogP contribution in [-0.4, -0.2) is 31.8 Å². The van der Waals surface area contributed by atoms with E-state index < -0.39 is 6.10 Å². The van der Waals surface area contributed by atoms with Gasteiger partial charge in [-0.2, -0.15) is 0 Å². The molecule has 4 rings (SSSR count). The highest BCUT2D eigenvalue weighted by atomic mass is 32.1. The maximum absolute atomic E-state index is 9.73. The molecule has 3 aromatic rings. The Kier molecular flexibility index (Phi) is 5.52. The van der Waals surface area contributed by atoms with E-state index in [0.29, 0.717) is 22.4 Å². The van der Waals surface area contributed by atoms with Crippen LogP contribution in [0, 0.1) is 6.92 Å². The van der Waals surface area contributed by atoms with Crippen molar-refractivity contribution in [2.75, 3.05) is 11.9 Å². The third-order valence-corrected chi connectivity index (χ3v) is 5.50. The summed E-state index contributed by atoms with van der Waals surface area (Å²) < 4.78 is 6.36. The fourth-order valence-corrected chi connectivity index (χ4v) is 4.04. The van der Waals surface area contributed by atoms with Crippen LogP contribution in [0.15, 0.2) is 36.1 Å². The topological polar surface area (TPSA) is 100 Å². The Bertz CT molecular complexity index is 962. The molecule has 0 saturated carbocycles. The predicted molar refractivity (Wildman–Crippen MR) is 107 cm³/mol. The van der Waals surface area contributed by atoms with E-state index in [0.717, 1.165) is 30.4 Å². The molecule has 0 aromatic carbocycles. The van der Waals surface area contributed by atoms with Crippen LogP contribution in [-0.2, 0) is 6.42 Å². The largest absolute Gasteiger partial charge is 0.482 e. The molecule has 0 radical (unpaired) electrons. The van der Waals surface area contributed by atoms with Crippen molar-refractivity contribution in [1.82, 2.24) is 15.0 Å². The highest BCUT2D eigenvalue weighted by Gasteiger charge is 2.23. The average Bonchev–Trinajstić information content (AvgIpc) is 3.18. The van der Waals surface area contributed by atoms with Crippen molar-refractivity contribution in [1.29, 1.82) is 0 Å². The van der Waals surface area contributed by atoms with Gasteiger partial charge in [0, 0.05) is 29.5 Å². The Balaban J connectivity index is 1.58. The first-order valence-corrected chi connectivity index (χ1v) is 10.1. The van der Waals surface area contributed by atoms with Crippen molar-refractivity contribution in [3.05, 3.63) is 58.5 Å². The van der Waals surface area contributed by atoms with Crippen LogP contribution < -0.4 is 10.1 Å². The number of aromatic nitrogens is 3. The molecule has 146 valence electrons. The van der Waals surface area contributed by atoms with Crippen molar-refractivity contribution in [3.63, 3.8) is 0 Å². The van der Waals surface area contributed by atoms with Gasteiger partial charge in [0.2, 0.25) is 0 Å². The van der Waals surface area contributed by atoms with Gasteiger partial charge in [-0.05, 0) is 49.4 Å². The van der Waals surface area contributed by atoms with Gasteiger partial charge in [0.1, 0.15) is 12.2 Å². The minimum Gasteiger partial charge on any atom is -0.482 e. The van der Waals surface area contributed by atoms with Crippen LogP contribution in [0.4, 0.5) is 10.9 Å². The van der Waals surface area contributed by atoms with Gasteiger partial charge in [0.05, 0.1) is 12.3 Å². The zero-order valence-electron chi connectivity index (χ0n) is 15.5. The number of aliphatic hydroxyl groups excluding tert-OH is 2. The van der Waals surface area contributed by atoms with Crippen molar-refractivity contribution in [2.45, 2.75) is 38.4 Å². The van der Waals surface area contributed by atoms with E-state index in [9.17, 15) is 5.11 Å². The number of nitrogens with zero attached hydrogens (tertiary/aromatic N) is 3. The Morgan fingerprint density at radius 3 is 3.14 bits per heavy atom. The summed E-state index contributed by atoms with van der Waals surface area (Å²) >= 11 is 1.34. The lowest BCUT2D eigenvalue weighted by atomic mass is 9.91. The number of anilines is 2. The molecular weight excluding hydrogens is 376 g/mol. The van der Waals surface area contributed by atoms with Gasteiger partial charge in [0.15, 0.2) is 16.7 Å². The molecule has 0 amide bonds. The monoisotopic (exact) mass is 398 g/mol. The van der Waals surface area contributed by atoms with Gasteiger partial charge in [-0.25, -0.2) is 9.97 Å². The molecule has 0 fully saturated rings. The fourth-order valence-electron chi connectivity index (χ4n) is 3.28. The van der Waals surface area contributed by atoms with Gasteiger partial charge in [0.25, 0.3) is 0 Å². The molecule has 1 aliphatic rings. The molecule has 0 spiro atoms. The predicted octanol–water partition coefficient (Wildman–Crippen LogP) is 3.47. The Labute approximate surface area is 167 Å².